The van der Waals surface area contributed by atoms with Gasteiger partial charge < -0.3 is 9.16 Å². The molecular formula is C8H16O3Si. The standard InChI is InChI=1S/C8H16O3Si/c1-10-8(9)6-5-7(6)11-12(2,3)4/h6-7H,5H2,1-4H3/t6-,7+/m1/s1. The van der Waals surface area contributed by atoms with E-state index in [1.807, 2.05) is 0 Å². The minimum absolute atomic E-state index is 0.0155. The third-order valence-electron chi connectivity index (χ3n) is 1.74. The fourth-order valence-electron chi connectivity index (χ4n) is 1.16. The zero-order chi connectivity index (χ0) is 9.35. The summed E-state index contributed by atoms with van der Waals surface area (Å²) in [6.07, 6.45) is 0.987. The van der Waals surface area contributed by atoms with Gasteiger partial charge in [0.15, 0.2) is 8.32 Å². The maximum Gasteiger partial charge on any atom is 0.311 e. The lowest BCUT2D eigenvalue weighted by molar-refractivity contribution is -0.142. The molecule has 0 aromatic rings. The third kappa shape index (κ3) is 2.60. The van der Waals surface area contributed by atoms with Crippen molar-refractivity contribution in [1.29, 1.82) is 0 Å². The molecule has 1 saturated carbocycles. The smallest absolute Gasteiger partial charge is 0.311 e. The van der Waals surface area contributed by atoms with Crippen LogP contribution in [0.2, 0.25) is 19.6 Å². The van der Waals surface area contributed by atoms with E-state index < -0.39 is 8.32 Å². The Morgan fingerprint density at radius 1 is 1.42 bits per heavy atom. The van der Waals surface area contributed by atoms with Crippen molar-refractivity contribution < 1.29 is 14.0 Å². The molecule has 70 valence electrons. The summed E-state index contributed by atoms with van der Waals surface area (Å²) < 4.78 is 10.3. The molecule has 1 fully saturated rings. The van der Waals surface area contributed by atoms with Crippen molar-refractivity contribution in [2.24, 2.45) is 5.92 Å². The predicted molar refractivity (Wildman–Crippen MR) is 48.3 cm³/mol. The van der Waals surface area contributed by atoms with Crippen LogP contribution in [0.1, 0.15) is 6.42 Å². The Morgan fingerprint density at radius 2 is 2.00 bits per heavy atom. The van der Waals surface area contributed by atoms with Gasteiger partial charge in [-0.15, -0.1) is 0 Å². The SMILES string of the molecule is COC(=O)[C@@H]1C[C@@H]1O[Si](C)(C)C. The minimum atomic E-state index is -1.47. The van der Waals surface area contributed by atoms with E-state index in [0.717, 1.165) is 6.42 Å². The van der Waals surface area contributed by atoms with Crippen LogP contribution >= 0.6 is 0 Å². The number of hydrogen-bond donors (Lipinski definition) is 0. The Morgan fingerprint density at radius 3 is 2.42 bits per heavy atom. The van der Waals surface area contributed by atoms with Crippen molar-refractivity contribution >= 4 is 14.3 Å². The highest BCUT2D eigenvalue weighted by molar-refractivity contribution is 6.69. The van der Waals surface area contributed by atoms with Crippen LogP contribution in [-0.2, 0) is 14.0 Å². The van der Waals surface area contributed by atoms with E-state index in [9.17, 15) is 4.79 Å². The topological polar surface area (TPSA) is 35.5 Å². The highest BCUT2D eigenvalue weighted by atomic mass is 28.4. The third-order valence-corrected chi connectivity index (χ3v) is 2.75. The van der Waals surface area contributed by atoms with Crippen LogP contribution in [0.3, 0.4) is 0 Å². The molecule has 0 aromatic carbocycles. The second kappa shape index (κ2) is 3.18. The first-order valence-corrected chi connectivity index (χ1v) is 7.60. The summed E-state index contributed by atoms with van der Waals surface area (Å²) in [4.78, 5) is 11.0. The van der Waals surface area contributed by atoms with Crippen molar-refractivity contribution in [2.75, 3.05) is 7.11 Å². The van der Waals surface area contributed by atoms with E-state index in [-0.39, 0.29) is 18.0 Å². The molecular weight excluding hydrogens is 172 g/mol. The average Bonchev–Trinajstić information content (AvgIpc) is 2.62. The summed E-state index contributed by atoms with van der Waals surface area (Å²) >= 11 is 0. The quantitative estimate of drug-likeness (QED) is 0.496. The highest BCUT2D eigenvalue weighted by Gasteiger charge is 2.46. The minimum Gasteiger partial charge on any atom is -0.469 e. The van der Waals surface area contributed by atoms with E-state index in [1.165, 1.54) is 7.11 Å². The van der Waals surface area contributed by atoms with Gasteiger partial charge in [-0.05, 0) is 26.1 Å². The second-order valence-electron chi connectivity index (χ2n) is 4.13. The van der Waals surface area contributed by atoms with Crippen LogP contribution in [0.5, 0.6) is 0 Å². The van der Waals surface area contributed by atoms with Crippen molar-refractivity contribution in [3.8, 4) is 0 Å². The number of carbonyl (C=O) groups is 1. The fraction of sp³-hybridized carbons (Fsp3) is 0.875. The zero-order valence-electron chi connectivity index (χ0n) is 8.09. The first kappa shape index (κ1) is 9.73. The summed E-state index contributed by atoms with van der Waals surface area (Å²) in [5.41, 5.74) is 0. The molecule has 3 nitrogen and oxygen atoms in total. The maximum absolute atomic E-state index is 11.0. The van der Waals surface area contributed by atoms with Gasteiger partial charge in [-0.1, -0.05) is 0 Å². The first-order valence-electron chi connectivity index (χ1n) is 4.19. The van der Waals surface area contributed by atoms with Crippen LogP contribution in [-0.4, -0.2) is 27.5 Å². The lowest BCUT2D eigenvalue weighted by Crippen LogP contribution is -2.27. The van der Waals surface area contributed by atoms with Gasteiger partial charge in [0, 0.05) is 0 Å². The molecule has 0 bridgehead atoms. The van der Waals surface area contributed by atoms with Gasteiger partial charge in [-0.2, -0.15) is 0 Å². The maximum atomic E-state index is 11.0. The van der Waals surface area contributed by atoms with Crippen molar-refractivity contribution in [1.82, 2.24) is 0 Å². The fourth-order valence-corrected chi connectivity index (χ4v) is 2.32. The molecule has 1 aliphatic carbocycles. The van der Waals surface area contributed by atoms with Crippen LogP contribution < -0.4 is 0 Å². The van der Waals surface area contributed by atoms with Crippen molar-refractivity contribution in [2.45, 2.75) is 32.2 Å². The van der Waals surface area contributed by atoms with Gasteiger partial charge in [0.05, 0.1) is 19.1 Å². The summed E-state index contributed by atoms with van der Waals surface area (Å²) in [7, 11) is -0.0431. The Hall–Kier alpha value is -0.353. The Kier molecular flexibility index (Phi) is 2.58. The Bertz CT molecular complexity index is 185. The van der Waals surface area contributed by atoms with E-state index in [1.54, 1.807) is 0 Å². The largest absolute Gasteiger partial charge is 0.469 e. The van der Waals surface area contributed by atoms with Crippen molar-refractivity contribution in [3.05, 3.63) is 0 Å². The van der Waals surface area contributed by atoms with Gasteiger partial charge in [0.1, 0.15) is 0 Å². The summed E-state index contributed by atoms with van der Waals surface area (Å²) in [5.74, 6) is -0.111. The molecule has 2 atom stereocenters. The summed E-state index contributed by atoms with van der Waals surface area (Å²) in [6, 6.07) is 0. The molecule has 0 aliphatic heterocycles. The van der Waals surface area contributed by atoms with Crippen LogP contribution in [0, 0.1) is 5.92 Å². The van der Waals surface area contributed by atoms with Gasteiger partial charge in [0.25, 0.3) is 0 Å². The van der Waals surface area contributed by atoms with Crippen molar-refractivity contribution in [3.63, 3.8) is 0 Å². The van der Waals surface area contributed by atoms with Crippen LogP contribution in [0.15, 0.2) is 0 Å². The summed E-state index contributed by atoms with van der Waals surface area (Å²) in [6.45, 7) is 6.37. The Balaban J connectivity index is 2.29. The molecule has 1 rings (SSSR count). The molecule has 12 heavy (non-hydrogen) atoms. The first-order chi connectivity index (χ1) is 5.44. The Labute approximate surface area is 74.2 Å². The van der Waals surface area contributed by atoms with Gasteiger partial charge >= 0.3 is 5.97 Å². The molecule has 0 spiro atoms. The highest BCUT2D eigenvalue weighted by Crippen LogP contribution is 2.36. The van der Waals surface area contributed by atoms with E-state index in [2.05, 4.69) is 24.4 Å². The molecule has 0 N–H and O–H groups in total. The van der Waals surface area contributed by atoms with E-state index >= 15 is 0 Å². The predicted octanol–water partition coefficient (Wildman–Crippen LogP) is 1.40. The monoisotopic (exact) mass is 188 g/mol. The number of ether oxygens (including phenoxy) is 1. The second-order valence-corrected chi connectivity index (χ2v) is 8.59. The number of carbonyl (C=O) groups excluding carboxylic acids is 1. The number of esters is 1. The molecule has 0 unspecified atom stereocenters. The molecule has 0 amide bonds. The lowest BCUT2D eigenvalue weighted by atomic mass is 10.4. The van der Waals surface area contributed by atoms with Gasteiger partial charge in [-0.25, -0.2) is 0 Å². The number of methoxy groups -OCH3 is 1. The average molecular weight is 188 g/mol. The number of hydrogen-bond acceptors (Lipinski definition) is 3. The zero-order valence-corrected chi connectivity index (χ0v) is 9.09. The molecule has 0 aromatic heterocycles. The van der Waals surface area contributed by atoms with Gasteiger partial charge in [0.2, 0.25) is 0 Å². The molecule has 1 aliphatic rings. The van der Waals surface area contributed by atoms with E-state index in [4.69, 9.17) is 4.43 Å². The van der Waals surface area contributed by atoms with Crippen LogP contribution in [0.4, 0.5) is 0 Å². The van der Waals surface area contributed by atoms with E-state index in [0.29, 0.717) is 0 Å². The summed E-state index contributed by atoms with van der Waals surface area (Å²) in [5, 5.41) is 0. The molecule has 0 saturated heterocycles. The number of rotatable bonds is 3. The van der Waals surface area contributed by atoms with Gasteiger partial charge in [-0.3, -0.25) is 4.79 Å². The molecule has 4 heteroatoms. The normalized spacial score (nSPS) is 28.3. The van der Waals surface area contributed by atoms with Crippen LogP contribution in [0.25, 0.3) is 0 Å². The molecule has 0 radical (unpaired) electrons. The lowest BCUT2D eigenvalue weighted by Gasteiger charge is -2.16. The molecule has 0 heterocycles.